The van der Waals surface area contributed by atoms with Crippen molar-refractivity contribution in [1.82, 2.24) is 15.6 Å². The first-order valence-electron chi connectivity index (χ1n) is 7.75. The van der Waals surface area contributed by atoms with E-state index >= 15 is 0 Å². The number of para-hydroxylation sites is 1. The molecular weight excluding hydrogens is 310 g/mol. The Hall–Kier alpha value is -2.83. The van der Waals surface area contributed by atoms with Gasteiger partial charge in [-0.05, 0) is 24.5 Å². The molecule has 0 spiro atoms. The van der Waals surface area contributed by atoms with Gasteiger partial charge in [-0.2, -0.15) is 0 Å². The van der Waals surface area contributed by atoms with Crippen LogP contribution in [0.2, 0.25) is 0 Å². The van der Waals surface area contributed by atoms with Crippen molar-refractivity contribution >= 4 is 28.7 Å². The molecule has 7 heteroatoms. The van der Waals surface area contributed by atoms with Crippen LogP contribution in [-0.4, -0.2) is 40.5 Å². The number of H-pyrrole nitrogens is 1. The first-order chi connectivity index (χ1) is 11.4. The third-order valence-corrected chi connectivity index (χ3v) is 3.52. The number of aliphatic carboxylic acids is 1. The van der Waals surface area contributed by atoms with Crippen molar-refractivity contribution in [3.05, 3.63) is 36.0 Å². The molecule has 0 aliphatic carbocycles. The van der Waals surface area contributed by atoms with Crippen LogP contribution in [0.25, 0.3) is 10.9 Å². The van der Waals surface area contributed by atoms with Crippen molar-refractivity contribution in [2.75, 3.05) is 6.54 Å². The molecule has 0 fully saturated rings. The molecule has 1 unspecified atom stereocenters. The summed E-state index contributed by atoms with van der Waals surface area (Å²) in [5.41, 5.74) is 1.18. The molecule has 2 rings (SSSR count). The minimum Gasteiger partial charge on any atom is -0.480 e. The van der Waals surface area contributed by atoms with E-state index in [0.29, 0.717) is 12.1 Å². The summed E-state index contributed by atoms with van der Waals surface area (Å²) in [5, 5.41) is 14.9. The zero-order chi connectivity index (χ0) is 17.7. The zero-order valence-corrected chi connectivity index (χ0v) is 13.6. The maximum absolute atomic E-state index is 12.1. The van der Waals surface area contributed by atoms with E-state index in [-0.39, 0.29) is 12.5 Å². The number of carboxylic acid groups (broad SMARTS) is 1. The Morgan fingerprint density at radius 2 is 1.92 bits per heavy atom. The van der Waals surface area contributed by atoms with Gasteiger partial charge in [0.1, 0.15) is 11.7 Å². The molecule has 0 aliphatic heterocycles. The van der Waals surface area contributed by atoms with Gasteiger partial charge in [-0.1, -0.05) is 32.0 Å². The number of carbonyl (C=O) groups excluding carboxylic acids is 2. The highest BCUT2D eigenvalue weighted by Crippen LogP contribution is 2.14. The molecule has 2 aromatic rings. The lowest BCUT2D eigenvalue weighted by atomic mass is 10.0. The van der Waals surface area contributed by atoms with Gasteiger partial charge in [0.15, 0.2) is 0 Å². The molecule has 0 bridgehead atoms. The first kappa shape index (κ1) is 17.5. The third kappa shape index (κ3) is 4.58. The molecule has 0 saturated heterocycles. The van der Waals surface area contributed by atoms with Crippen LogP contribution in [0.4, 0.5) is 0 Å². The minimum atomic E-state index is -1.08. The summed E-state index contributed by atoms with van der Waals surface area (Å²) in [6.45, 7) is 3.47. The summed E-state index contributed by atoms with van der Waals surface area (Å²) in [6, 6.07) is 8.19. The molecule has 1 atom stereocenters. The van der Waals surface area contributed by atoms with E-state index in [1.807, 2.05) is 38.1 Å². The molecule has 7 nitrogen and oxygen atoms in total. The lowest BCUT2D eigenvalue weighted by Crippen LogP contribution is -2.46. The average Bonchev–Trinajstić information content (AvgIpc) is 2.95. The fraction of sp³-hybridized carbons (Fsp3) is 0.353. The molecule has 0 radical (unpaired) electrons. The van der Waals surface area contributed by atoms with Crippen molar-refractivity contribution in [2.24, 2.45) is 5.92 Å². The van der Waals surface area contributed by atoms with E-state index in [1.54, 1.807) is 6.07 Å². The van der Waals surface area contributed by atoms with E-state index in [4.69, 9.17) is 5.11 Å². The number of carbonyl (C=O) groups is 3. The van der Waals surface area contributed by atoms with Crippen LogP contribution >= 0.6 is 0 Å². The Morgan fingerprint density at radius 1 is 1.21 bits per heavy atom. The summed E-state index contributed by atoms with van der Waals surface area (Å²) in [6.07, 6.45) is 0.330. The van der Waals surface area contributed by atoms with Crippen molar-refractivity contribution in [3.8, 4) is 0 Å². The SMILES string of the molecule is CC(C)CC(NC(=O)CNC(=O)c1cc2ccccc2[nH]1)C(=O)O. The Morgan fingerprint density at radius 3 is 2.54 bits per heavy atom. The molecule has 1 heterocycles. The lowest BCUT2D eigenvalue weighted by Gasteiger charge is -2.16. The van der Waals surface area contributed by atoms with Gasteiger partial charge in [-0.25, -0.2) is 4.79 Å². The number of rotatable bonds is 7. The van der Waals surface area contributed by atoms with Crippen LogP contribution in [0.3, 0.4) is 0 Å². The van der Waals surface area contributed by atoms with Crippen LogP contribution < -0.4 is 10.6 Å². The number of hydrogen-bond acceptors (Lipinski definition) is 3. The highest BCUT2D eigenvalue weighted by atomic mass is 16.4. The highest BCUT2D eigenvalue weighted by molar-refractivity contribution is 5.99. The Kier molecular flexibility index (Phi) is 5.57. The Bertz CT molecular complexity index is 718. The molecule has 0 saturated carbocycles. The predicted octanol–water partition coefficient (Wildman–Crippen LogP) is 1.51. The number of carboxylic acids is 1. The number of hydrogen-bond donors (Lipinski definition) is 4. The van der Waals surface area contributed by atoms with Gasteiger partial charge in [-0.3, -0.25) is 9.59 Å². The second kappa shape index (κ2) is 7.63. The normalized spacial score (nSPS) is 12.1. The third-order valence-electron chi connectivity index (χ3n) is 3.52. The monoisotopic (exact) mass is 331 g/mol. The Labute approximate surface area is 139 Å². The summed E-state index contributed by atoms with van der Waals surface area (Å²) < 4.78 is 0. The molecular formula is C17H21N3O4. The maximum Gasteiger partial charge on any atom is 0.326 e. The van der Waals surface area contributed by atoms with Gasteiger partial charge < -0.3 is 20.7 Å². The van der Waals surface area contributed by atoms with E-state index in [0.717, 1.165) is 10.9 Å². The Balaban J connectivity index is 1.90. The number of benzene rings is 1. The summed E-state index contributed by atoms with van der Waals surface area (Å²) in [7, 11) is 0. The van der Waals surface area contributed by atoms with Crippen molar-refractivity contribution in [2.45, 2.75) is 26.3 Å². The molecule has 24 heavy (non-hydrogen) atoms. The zero-order valence-electron chi connectivity index (χ0n) is 13.6. The quantitative estimate of drug-likeness (QED) is 0.616. The number of nitrogens with one attached hydrogen (secondary N) is 3. The van der Waals surface area contributed by atoms with Crippen LogP contribution in [0.15, 0.2) is 30.3 Å². The second-order valence-electron chi connectivity index (χ2n) is 6.04. The van der Waals surface area contributed by atoms with Gasteiger partial charge in [0.2, 0.25) is 5.91 Å². The van der Waals surface area contributed by atoms with Gasteiger partial charge >= 0.3 is 5.97 Å². The standard InChI is InChI=1S/C17H21N3O4/c1-10(2)7-14(17(23)24)20-15(21)9-18-16(22)13-8-11-5-3-4-6-12(11)19-13/h3-6,8,10,14,19H,7,9H2,1-2H3,(H,18,22)(H,20,21)(H,23,24). The first-order valence-corrected chi connectivity index (χ1v) is 7.75. The fourth-order valence-corrected chi connectivity index (χ4v) is 2.39. The van der Waals surface area contributed by atoms with Crippen LogP contribution in [0.1, 0.15) is 30.8 Å². The summed E-state index contributed by atoms with van der Waals surface area (Å²) >= 11 is 0. The number of amides is 2. The molecule has 1 aromatic carbocycles. The second-order valence-corrected chi connectivity index (χ2v) is 6.04. The van der Waals surface area contributed by atoms with Crippen molar-refractivity contribution < 1.29 is 19.5 Å². The smallest absolute Gasteiger partial charge is 0.326 e. The molecule has 4 N–H and O–H groups in total. The van der Waals surface area contributed by atoms with Crippen LogP contribution in [0.5, 0.6) is 0 Å². The lowest BCUT2D eigenvalue weighted by molar-refractivity contribution is -0.142. The van der Waals surface area contributed by atoms with Crippen molar-refractivity contribution in [3.63, 3.8) is 0 Å². The average molecular weight is 331 g/mol. The fourth-order valence-electron chi connectivity index (χ4n) is 2.39. The highest BCUT2D eigenvalue weighted by Gasteiger charge is 2.21. The number of aromatic amines is 1. The number of aromatic nitrogens is 1. The van der Waals surface area contributed by atoms with Gasteiger partial charge in [-0.15, -0.1) is 0 Å². The largest absolute Gasteiger partial charge is 0.480 e. The molecule has 1 aromatic heterocycles. The summed E-state index contributed by atoms with van der Waals surface area (Å²) in [5.74, 6) is -1.91. The molecule has 2 amide bonds. The minimum absolute atomic E-state index is 0.132. The van der Waals surface area contributed by atoms with E-state index in [9.17, 15) is 14.4 Å². The van der Waals surface area contributed by atoms with Crippen LogP contribution in [-0.2, 0) is 9.59 Å². The topological polar surface area (TPSA) is 111 Å². The maximum atomic E-state index is 12.1. The predicted molar refractivity (Wildman–Crippen MR) is 89.7 cm³/mol. The number of fused-ring (bicyclic) bond motifs is 1. The summed E-state index contributed by atoms with van der Waals surface area (Å²) in [4.78, 5) is 38.0. The van der Waals surface area contributed by atoms with Gasteiger partial charge in [0.05, 0.1) is 6.54 Å². The van der Waals surface area contributed by atoms with Gasteiger partial charge in [0, 0.05) is 10.9 Å². The molecule has 128 valence electrons. The van der Waals surface area contributed by atoms with Crippen molar-refractivity contribution in [1.29, 1.82) is 0 Å². The van der Waals surface area contributed by atoms with E-state index < -0.39 is 23.8 Å². The van der Waals surface area contributed by atoms with Gasteiger partial charge in [0.25, 0.3) is 5.91 Å². The van der Waals surface area contributed by atoms with E-state index in [2.05, 4.69) is 15.6 Å². The molecule has 0 aliphatic rings. The van der Waals surface area contributed by atoms with E-state index in [1.165, 1.54) is 0 Å². The van der Waals surface area contributed by atoms with Crippen LogP contribution in [0, 0.1) is 5.92 Å².